The van der Waals surface area contributed by atoms with Gasteiger partial charge in [-0.3, -0.25) is 9.59 Å². The summed E-state index contributed by atoms with van der Waals surface area (Å²) in [4.78, 5) is 35.7. The monoisotopic (exact) mass is 385 g/mol. The summed E-state index contributed by atoms with van der Waals surface area (Å²) in [6.45, 7) is 3.51. The van der Waals surface area contributed by atoms with Crippen LogP contribution in [0.5, 0.6) is 0 Å². The highest BCUT2D eigenvalue weighted by Crippen LogP contribution is 2.24. The van der Waals surface area contributed by atoms with Crippen molar-refractivity contribution < 1.29 is 28.7 Å². The van der Waals surface area contributed by atoms with Crippen molar-refractivity contribution in [2.75, 3.05) is 27.7 Å². The van der Waals surface area contributed by atoms with E-state index in [1.807, 2.05) is 21.1 Å². The third-order valence-corrected chi connectivity index (χ3v) is 4.51. The second-order valence-corrected chi connectivity index (χ2v) is 8.59. The third kappa shape index (κ3) is 12.6. The number of ether oxygens (including phenoxy) is 1. The number of carbonyl (C=O) groups is 3. The van der Waals surface area contributed by atoms with Gasteiger partial charge in [-0.1, -0.05) is 58.3 Å². The molecule has 0 aliphatic rings. The van der Waals surface area contributed by atoms with Gasteiger partial charge in [0.2, 0.25) is 5.60 Å². The number of likely N-dealkylation sites (N-methyl/N-ethyl adjacent to an activating group) is 1. The summed E-state index contributed by atoms with van der Waals surface area (Å²) in [6.07, 6.45) is 9.74. The molecule has 6 nitrogen and oxygen atoms in total. The van der Waals surface area contributed by atoms with E-state index in [9.17, 15) is 19.5 Å². The first-order valence-electron chi connectivity index (χ1n) is 10.3. The number of hydrogen-bond acceptors (Lipinski definition) is 5. The van der Waals surface area contributed by atoms with Gasteiger partial charge in [-0.15, -0.1) is 0 Å². The van der Waals surface area contributed by atoms with Crippen LogP contribution in [0.3, 0.4) is 0 Å². The molecule has 0 amide bonds. The quantitative estimate of drug-likeness (QED) is 0.232. The largest absolute Gasteiger partial charge is 0.550 e. The van der Waals surface area contributed by atoms with E-state index in [0.717, 1.165) is 19.3 Å². The molecule has 0 saturated heterocycles. The minimum atomic E-state index is -1.65. The summed E-state index contributed by atoms with van der Waals surface area (Å²) in [7, 11) is 5.50. The first kappa shape index (κ1) is 25.6. The number of quaternary nitrogens is 1. The predicted octanol–water partition coefficient (Wildman–Crippen LogP) is 2.62. The maximum Gasteiger partial charge on any atom is 0.303 e. The minimum Gasteiger partial charge on any atom is -0.550 e. The fourth-order valence-electron chi connectivity index (χ4n) is 3.47. The van der Waals surface area contributed by atoms with Crippen molar-refractivity contribution in [1.29, 1.82) is 0 Å². The average Bonchev–Trinajstić information content (AvgIpc) is 2.49. The van der Waals surface area contributed by atoms with Gasteiger partial charge in [0, 0.05) is 25.7 Å². The zero-order valence-corrected chi connectivity index (χ0v) is 18.0. The van der Waals surface area contributed by atoms with Crippen molar-refractivity contribution in [2.45, 2.75) is 90.1 Å². The highest BCUT2D eigenvalue weighted by Gasteiger charge is 2.45. The Balaban J connectivity index is 4.65. The number of hydrogen-bond donors (Lipinski definition) is 0. The van der Waals surface area contributed by atoms with Gasteiger partial charge < -0.3 is 19.1 Å². The van der Waals surface area contributed by atoms with E-state index < -0.39 is 24.0 Å². The third-order valence-electron chi connectivity index (χ3n) is 4.51. The van der Waals surface area contributed by atoms with Crippen molar-refractivity contribution in [3.05, 3.63) is 0 Å². The summed E-state index contributed by atoms with van der Waals surface area (Å²) in [5, 5.41) is 11.2. The molecule has 6 heteroatoms. The summed E-state index contributed by atoms with van der Waals surface area (Å²) in [5.41, 5.74) is -1.65. The Morgan fingerprint density at radius 2 is 1.37 bits per heavy atom. The molecular formula is C21H39NO5. The second-order valence-electron chi connectivity index (χ2n) is 8.59. The van der Waals surface area contributed by atoms with Gasteiger partial charge in [-0.2, -0.15) is 0 Å². The van der Waals surface area contributed by atoms with Crippen molar-refractivity contribution in [2.24, 2.45) is 0 Å². The number of ketones is 1. The van der Waals surface area contributed by atoms with Gasteiger partial charge in [0.05, 0.1) is 21.1 Å². The van der Waals surface area contributed by atoms with Crippen LogP contribution in [0.1, 0.15) is 84.5 Å². The molecule has 0 aromatic heterocycles. The summed E-state index contributed by atoms with van der Waals surface area (Å²) < 4.78 is 5.60. The molecule has 0 aromatic carbocycles. The number of unbranched alkanes of at least 4 members (excludes halogenated alkanes) is 8. The number of Topliss-reactive ketones (excluding diaryl/α,β-unsaturated/α-hetero) is 1. The molecule has 0 aromatic rings. The van der Waals surface area contributed by atoms with Crippen LogP contribution in [-0.4, -0.2) is 55.5 Å². The molecule has 27 heavy (non-hydrogen) atoms. The molecule has 0 radical (unpaired) electrons. The van der Waals surface area contributed by atoms with Crippen molar-refractivity contribution in [1.82, 2.24) is 0 Å². The second kappa shape index (κ2) is 12.9. The van der Waals surface area contributed by atoms with Crippen LogP contribution in [0.2, 0.25) is 0 Å². The maximum atomic E-state index is 12.8. The lowest BCUT2D eigenvalue weighted by molar-refractivity contribution is -0.875. The molecule has 0 aliphatic heterocycles. The van der Waals surface area contributed by atoms with Crippen LogP contribution in [-0.2, 0) is 19.1 Å². The molecule has 1 unspecified atom stereocenters. The SMILES string of the molecule is CCCCCCCCCCCC(=O)C(CC(=O)[O-])(C[N+](C)(C)C)OC(C)=O. The van der Waals surface area contributed by atoms with Crippen LogP contribution in [0.4, 0.5) is 0 Å². The fraction of sp³-hybridized carbons (Fsp3) is 0.857. The average molecular weight is 386 g/mol. The molecule has 0 rings (SSSR count). The van der Waals surface area contributed by atoms with Crippen molar-refractivity contribution in [3.63, 3.8) is 0 Å². The van der Waals surface area contributed by atoms with E-state index in [2.05, 4.69) is 6.92 Å². The lowest BCUT2D eigenvalue weighted by Gasteiger charge is -2.37. The maximum absolute atomic E-state index is 12.8. The Kier molecular flexibility index (Phi) is 12.2. The number of carbonyl (C=O) groups excluding carboxylic acids is 3. The van der Waals surface area contributed by atoms with Gasteiger partial charge >= 0.3 is 5.97 Å². The highest BCUT2D eigenvalue weighted by molar-refractivity contribution is 5.92. The first-order valence-corrected chi connectivity index (χ1v) is 10.3. The topological polar surface area (TPSA) is 83.5 Å². The minimum absolute atomic E-state index is 0.108. The van der Waals surface area contributed by atoms with Crippen LogP contribution in [0.25, 0.3) is 0 Å². The van der Waals surface area contributed by atoms with E-state index in [-0.39, 0.29) is 18.7 Å². The number of rotatable bonds is 16. The Labute approximate surface area is 164 Å². The normalized spacial score (nSPS) is 13.8. The standard InChI is InChI=1S/C21H39NO5/c1-6-7-8-9-10-11-12-13-14-15-19(24)21(16-20(25)26,27-18(2)23)17-22(3,4)5/h6-17H2,1-5H3. The molecule has 0 N–H and O–H groups in total. The molecule has 0 fully saturated rings. The molecule has 0 saturated carbocycles. The van der Waals surface area contributed by atoms with Crippen molar-refractivity contribution in [3.8, 4) is 0 Å². The van der Waals surface area contributed by atoms with Gasteiger partial charge in [0.25, 0.3) is 0 Å². The molecular weight excluding hydrogens is 346 g/mol. The van der Waals surface area contributed by atoms with E-state index in [1.165, 1.54) is 39.0 Å². The Bertz CT molecular complexity index is 452. The molecule has 0 bridgehead atoms. The molecule has 0 heterocycles. The van der Waals surface area contributed by atoms with Gasteiger partial charge in [-0.05, 0) is 6.42 Å². The van der Waals surface area contributed by atoms with E-state index in [4.69, 9.17) is 4.74 Å². The molecule has 0 aliphatic carbocycles. The molecule has 0 spiro atoms. The fourth-order valence-corrected chi connectivity index (χ4v) is 3.47. The van der Waals surface area contributed by atoms with Crippen LogP contribution in [0, 0.1) is 0 Å². The van der Waals surface area contributed by atoms with Gasteiger partial charge in [-0.25, -0.2) is 0 Å². The Morgan fingerprint density at radius 1 is 0.889 bits per heavy atom. The van der Waals surface area contributed by atoms with Crippen molar-refractivity contribution >= 4 is 17.7 Å². The van der Waals surface area contributed by atoms with E-state index in [0.29, 0.717) is 10.9 Å². The number of aliphatic carboxylic acids is 1. The Hall–Kier alpha value is -1.43. The van der Waals surface area contributed by atoms with Crippen LogP contribution >= 0.6 is 0 Å². The lowest BCUT2D eigenvalue weighted by atomic mass is 9.89. The number of nitrogens with zero attached hydrogens (tertiary/aromatic N) is 1. The van der Waals surface area contributed by atoms with Gasteiger partial charge in [0.1, 0.15) is 6.54 Å². The summed E-state index contributed by atoms with van der Waals surface area (Å²) in [6, 6.07) is 0. The molecule has 1 atom stereocenters. The smallest absolute Gasteiger partial charge is 0.303 e. The summed E-state index contributed by atoms with van der Waals surface area (Å²) in [5.74, 6) is -2.35. The Morgan fingerprint density at radius 3 is 1.78 bits per heavy atom. The highest BCUT2D eigenvalue weighted by atomic mass is 16.6. The first-order chi connectivity index (χ1) is 12.5. The number of carboxylic acids is 1. The number of esters is 1. The zero-order chi connectivity index (χ0) is 20.9. The van der Waals surface area contributed by atoms with E-state index >= 15 is 0 Å². The summed E-state index contributed by atoms with van der Waals surface area (Å²) >= 11 is 0. The zero-order valence-electron chi connectivity index (χ0n) is 18.0. The van der Waals surface area contributed by atoms with Crippen LogP contribution in [0.15, 0.2) is 0 Å². The van der Waals surface area contributed by atoms with E-state index in [1.54, 1.807) is 0 Å². The predicted molar refractivity (Wildman–Crippen MR) is 104 cm³/mol. The van der Waals surface area contributed by atoms with Gasteiger partial charge in [0.15, 0.2) is 5.78 Å². The lowest BCUT2D eigenvalue weighted by Crippen LogP contribution is -2.58. The number of carboxylic acid groups (broad SMARTS) is 1. The molecule has 158 valence electrons. The van der Waals surface area contributed by atoms with Crippen LogP contribution < -0.4 is 5.11 Å².